The van der Waals surface area contributed by atoms with Crippen LogP contribution in [0.25, 0.3) is 0 Å². The number of thioether (sulfide) groups is 1. The summed E-state index contributed by atoms with van der Waals surface area (Å²) in [6.07, 6.45) is 3.62. The number of amides is 1. The van der Waals surface area contributed by atoms with E-state index in [2.05, 4.69) is 29.4 Å². The maximum Gasteiger partial charge on any atom is 0.233 e. The molecule has 2 atom stereocenters. The second-order valence-corrected chi connectivity index (χ2v) is 6.45. The number of hydrogen-bond acceptors (Lipinski definition) is 3. The van der Waals surface area contributed by atoms with Crippen LogP contribution < -0.4 is 5.32 Å². The van der Waals surface area contributed by atoms with E-state index in [0.29, 0.717) is 12.5 Å². The zero-order valence-corrected chi connectivity index (χ0v) is 13.4. The summed E-state index contributed by atoms with van der Waals surface area (Å²) in [7, 11) is 1.93. The minimum Gasteiger partial charge on any atom is -0.355 e. The normalized spacial score (nSPS) is 13.7. The van der Waals surface area contributed by atoms with Crippen molar-refractivity contribution in [2.45, 2.75) is 30.2 Å². The smallest absolute Gasteiger partial charge is 0.233 e. The fraction of sp³-hybridized carbons (Fsp3) is 0.375. The lowest BCUT2D eigenvalue weighted by atomic mass is 10.0. The van der Waals surface area contributed by atoms with E-state index in [1.807, 2.05) is 42.9 Å². The number of nitrogens with zero attached hydrogens (tertiary/aromatic N) is 2. The number of carbonyl (C=O) groups excluding carboxylic acids is 1. The number of carbonyl (C=O) groups is 1. The van der Waals surface area contributed by atoms with Crippen LogP contribution in [0.15, 0.2) is 47.9 Å². The first-order chi connectivity index (χ1) is 10.1. The number of nitrogens with one attached hydrogen (secondary N) is 1. The number of hydrogen-bond donors (Lipinski definition) is 1. The van der Waals surface area contributed by atoms with Crippen molar-refractivity contribution >= 4 is 17.7 Å². The summed E-state index contributed by atoms with van der Waals surface area (Å²) < 4.78 is 1.92. The Labute approximate surface area is 130 Å². The molecular weight excluding hydrogens is 282 g/mol. The zero-order chi connectivity index (χ0) is 15.2. The number of aryl methyl sites for hydroxylation is 1. The molecule has 0 bridgehead atoms. The molecule has 112 valence electrons. The first kappa shape index (κ1) is 15.6. The molecule has 2 aromatic rings. The Morgan fingerprint density at radius 2 is 2.05 bits per heavy atom. The molecule has 0 radical (unpaired) electrons. The second-order valence-electron chi connectivity index (χ2n) is 5.14. The molecule has 1 aromatic carbocycles. The van der Waals surface area contributed by atoms with Gasteiger partial charge in [0.05, 0.1) is 5.25 Å². The van der Waals surface area contributed by atoms with Gasteiger partial charge in [-0.25, -0.2) is 4.98 Å². The van der Waals surface area contributed by atoms with Crippen molar-refractivity contribution in [3.05, 3.63) is 48.3 Å². The van der Waals surface area contributed by atoms with Crippen molar-refractivity contribution in [3.63, 3.8) is 0 Å². The minimum atomic E-state index is -0.158. The maximum absolute atomic E-state index is 12.1. The van der Waals surface area contributed by atoms with Gasteiger partial charge in [0.2, 0.25) is 5.91 Å². The zero-order valence-electron chi connectivity index (χ0n) is 12.6. The molecule has 4 nitrogen and oxygen atoms in total. The highest BCUT2D eigenvalue weighted by atomic mass is 32.2. The summed E-state index contributed by atoms with van der Waals surface area (Å²) >= 11 is 1.47. The molecule has 0 fully saturated rings. The predicted molar refractivity (Wildman–Crippen MR) is 86.4 cm³/mol. The SMILES string of the molecule is C[C@H](CNC(=O)[C@@H](C)Sc1nccn1C)c1ccccc1. The largest absolute Gasteiger partial charge is 0.355 e. The van der Waals surface area contributed by atoms with E-state index < -0.39 is 0 Å². The highest BCUT2D eigenvalue weighted by Gasteiger charge is 2.17. The highest BCUT2D eigenvalue weighted by Crippen LogP contribution is 2.21. The Hall–Kier alpha value is -1.75. The van der Waals surface area contributed by atoms with Crippen molar-refractivity contribution in [1.29, 1.82) is 0 Å². The molecule has 21 heavy (non-hydrogen) atoms. The van der Waals surface area contributed by atoms with Crippen LogP contribution in [0.2, 0.25) is 0 Å². The first-order valence-corrected chi connectivity index (χ1v) is 7.92. The second kappa shape index (κ2) is 7.31. The third-order valence-electron chi connectivity index (χ3n) is 3.38. The van der Waals surface area contributed by atoms with Gasteiger partial charge in [-0.1, -0.05) is 49.0 Å². The molecule has 0 spiro atoms. The summed E-state index contributed by atoms with van der Waals surface area (Å²) in [5, 5.41) is 3.71. The van der Waals surface area contributed by atoms with E-state index in [4.69, 9.17) is 0 Å². The molecule has 2 rings (SSSR count). The van der Waals surface area contributed by atoms with E-state index in [0.717, 1.165) is 5.16 Å². The van der Waals surface area contributed by atoms with Gasteiger partial charge < -0.3 is 9.88 Å². The van der Waals surface area contributed by atoms with E-state index in [-0.39, 0.29) is 11.2 Å². The Balaban J connectivity index is 1.83. The summed E-state index contributed by atoms with van der Waals surface area (Å²) in [6, 6.07) is 10.2. The predicted octanol–water partition coefficient (Wildman–Crippen LogP) is 2.82. The van der Waals surface area contributed by atoms with Gasteiger partial charge in [-0.3, -0.25) is 4.79 Å². The topological polar surface area (TPSA) is 46.9 Å². The molecule has 0 aliphatic rings. The molecule has 0 saturated heterocycles. The Morgan fingerprint density at radius 1 is 1.33 bits per heavy atom. The van der Waals surface area contributed by atoms with Gasteiger partial charge in [0.25, 0.3) is 0 Å². The molecule has 1 aromatic heterocycles. The molecule has 1 heterocycles. The molecule has 0 aliphatic heterocycles. The summed E-state index contributed by atoms with van der Waals surface area (Å²) in [6.45, 7) is 4.67. The van der Waals surface area contributed by atoms with Crippen LogP contribution in [0.1, 0.15) is 25.3 Å². The Bertz CT molecular complexity index is 582. The fourth-order valence-corrected chi connectivity index (χ4v) is 2.83. The van der Waals surface area contributed by atoms with Gasteiger partial charge in [0.1, 0.15) is 0 Å². The Kier molecular flexibility index (Phi) is 5.44. The van der Waals surface area contributed by atoms with E-state index >= 15 is 0 Å². The molecule has 1 N–H and O–H groups in total. The van der Waals surface area contributed by atoms with Crippen molar-refractivity contribution in [1.82, 2.24) is 14.9 Å². The monoisotopic (exact) mass is 303 g/mol. The quantitative estimate of drug-likeness (QED) is 0.835. The number of rotatable bonds is 6. The number of aromatic nitrogens is 2. The molecule has 1 amide bonds. The molecule has 0 aliphatic carbocycles. The van der Waals surface area contributed by atoms with Crippen LogP contribution in [-0.2, 0) is 11.8 Å². The Morgan fingerprint density at radius 3 is 2.67 bits per heavy atom. The standard InChI is InChI=1S/C16H21N3OS/c1-12(14-7-5-4-6-8-14)11-18-15(20)13(2)21-16-17-9-10-19(16)3/h4-10,12-13H,11H2,1-3H3,(H,18,20)/t12-,13-/m1/s1. The summed E-state index contributed by atoms with van der Waals surface area (Å²) in [5.74, 6) is 0.353. The third kappa shape index (κ3) is 4.36. The lowest BCUT2D eigenvalue weighted by molar-refractivity contribution is -0.120. The lowest BCUT2D eigenvalue weighted by Crippen LogP contribution is -2.33. The van der Waals surface area contributed by atoms with Gasteiger partial charge in [0, 0.05) is 26.0 Å². The number of imidazole rings is 1. The molecule has 0 unspecified atom stereocenters. The van der Waals surface area contributed by atoms with Crippen molar-refractivity contribution in [3.8, 4) is 0 Å². The molecular formula is C16H21N3OS. The minimum absolute atomic E-state index is 0.0470. The van der Waals surface area contributed by atoms with Crippen LogP contribution in [0.5, 0.6) is 0 Å². The third-order valence-corrected chi connectivity index (χ3v) is 4.55. The molecule has 0 saturated carbocycles. The van der Waals surface area contributed by atoms with E-state index in [1.165, 1.54) is 17.3 Å². The average molecular weight is 303 g/mol. The fourth-order valence-electron chi connectivity index (χ4n) is 1.97. The van der Waals surface area contributed by atoms with Crippen LogP contribution in [0.4, 0.5) is 0 Å². The lowest BCUT2D eigenvalue weighted by Gasteiger charge is -2.15. The number of benzene rings is 1. The van der Waals surface area contributed by atoms with Gasteiger partial charge in [-0.15, -0.1) is 0 Å². The van der Waals surface area contributed by atoms with Crippen molar-refractivity contribution < 1.29 is 4.79 Å². The van der Waals surface area contributed by atoms with Crippen molar-refractivity contribution in [2.75, 3.05) is 6.54 Å². The van der Waals surface area contributed by atoms with Gasteiger partial charge in [-0.2, -0.15) is 0 Å². The average Bonchev–Trinajstić information content (AvgIpc) is 2.90. The van der Waals surface area contributed by atoms with Gasteiger partial charge >= 0.3 is 0 Å². The highest BCUT2D eigenvalue weighted by molar-refractivity contribution is 8.00. The van der Waals surface area contributed by atoms with E-state index in [9.17, 15) is 4.79 Å². The van der Waals surface area contributed by atoms with Crippen LogP contribution in [0, 0.1) is 0 Å². The van der Waals surface area contributed by atoms with E-state index in [1.54, 1.807) is 6.20 Å². The summed E-state index contributed by atoms with van der Waals surface area (Å²) in [4.78, 5) is 16.4. The van der Waals surface area contributed by atoms with Crippen LogP contribution in [0.3, 0.4) is 0 Å². The molecule has 5 heteroatoms. The first-order valence-electron chi connectivity index (χ1n) is 7.04. The van der Waals surface area contributed by atoms with Crippen LogP contribution >= 0.6 is 11.8 Å². The summed E-state index contributed by atoms with van der Waals surface area (Å²) in [5.41, 5.74) is 1.24. The maximum atomic E-state index is 12.1. The van der Waals surface area contributed by atoms with Gasteiger partial charge in [0.15, 0.2) is 5.16 Å². The van der Waals surface area contributed by atoms with Crippen LogP contribution in [-0.4, -0.2) is 27.3 Å². The van der Waals surface area contributed by atoms with Gasteiger partial charge in [-0.05, 0) is 18.4 Å². The van der Waals surface area contributed by atoms with Crippen molar-refractivity contribution in [2.24, 2.45) is 7.05 Å².